The maximum absolute atomic E-state index is 13.8. The lowest BCUT2D eigenvalue weighted by Gasteiger charge is -2.10. The van der Waals surface area contributed by atoms with Crippen LogP contribution in [0.3, 0.4) is 0 Å². The molecule has 0 aliphatic rings. The van der Waals surface area contributed by atoms with E-state index >= 15 is 0 Å². The predicted octanol–water partition coefficient (Wildman–Crippen LogP) is 4.97. The lowest BCUT2D eigenvalue weighted by molar-refractivity contribution is 0.102. The molecule has 1 aromatic heterocycles. The maximum Gasteiger partial charge on any atom is 0.274 e. The van der Waals surface area contributed by atoms with Crippen LogP contribution in [0.25, 0.3) is 0 Å². The Balaban J connectivity index is 1.81. The van der Waals surface area contributed by atoms with Gasteiger partial charge in [0.15, 0.2) is 0 Å². The molecule has 0 saturated carbocycles. The standard InChI is InChI=1S/C20H17F2N3O/c1-12-8-13(2)10-15(9-12)25-20(26)18-11-14(6-7-23-18)24-19-16(21)4-3-5-17(19)22/h3-11H,1-2H3,(H,23,24)(H,25,26). The second kappa shape index (κ2) is 7.31. The Labute approximate surface area is 149 Å². The van der Waals surface area contributed by atoms with Crippen LogP contribution in [-0.4, -0.2) is 10.9 Å². The SMILES string of the molecule is Cc1cc(C)cc(NC(=O)c2cc(Nc3c(F)cccc3F)ccn2)c1. The van der Waals surface area contributed by atoms with Gasteiger partial charge >= 0.3 is 0 Å². The molecule has 0 spiro atoms. The van der Waals surface area contributed by atoms with Gasteiger partial charge in [-0.3, -0.25) is 9.78 Å². The van der Waals surface area contributed by atoms with Crippen molar-refractivity contribution >= 4 is 23.0 Å². The first-order valence-electron chi connectivity index (χ1n) is 7.99. The minimum Gasteiger partial charge on any atom is -0.351 e. The van der Waals surface area contributed by atoms with E-state index in [0.717, 1.165) is 23.3 Å². The Morgan fingerprint density at radius 2 is 1.58 bits per heavy atom. The van der Waals surface area contributed by atoms with E-state index in [9.17, 15) is 13.6 Å². The largest absolute Gasteiger partial charge is 0.351 e. The fraction of sp³-hybridized carbons (Fsp3) is 0.100. The number of aryl methyl sites for hydroxylation is 2. The van der Waals surface area contributed by atoms with Crippen LogP contribution in [0.5, 0.6) is 0 Å². The maximum atomic E-state index is 13.8. The van der Waals surface area contributed by atoms with Crippen molar-refractivity contribution in [3.63, 3.8) is 0 Å². The highest BCUT2D eigenvalue weighted by Gasteiger charge is 2.12. The molecule has 0 radical (unpaired) electrons. The molecule has 2 N–H and O–H groups in total. The Hall–Kier alpha value is -3.28. The van der Waals surface area contributed by atoms with Crippen molar-refractivity contribution < 1.29 is 13.6 Å². The number of rotatable bonds is 4. The van der Waals surface area contributed by atoms with Crippen LogP contribution < -0.4 is 10.6 Å². The summed E-state index contributed by atoms with van der Waals surface area (Å²) in [5.74, 6) is -1.85. The number of nitrogens with one attached hydrogen (secondary N) is 2. The highest BCUT2D eigenvalue weighted by Crippen LogP contribution is 2.23. The van der Waals surface area contributed by atoms with Gasteiger partial charge in [0.25, 0.3) is 5.91 Å². The number of carbonyl (C=O) groups excluding carboxylic acids is 1. The van der Waals surface area contributed by atoms with E-state index in [0.29, 0.717) is 11.4 Å². The van der Waals surface area contributed by atoms with Crippen LogP contribution >= 0.6 is 0 Å². The number of para-hydroxylation sites is 1. The van der Waals surface area contributed by atoms with E-state index < -0.39 is 17.5 Å². The molecule has 0 atom stereocenters. The summed E-state index contributed by atoms with van der Waals surface area (Å²) in [6.45, 7) is 3.88. The topological polar surface area (TPSA) is 54.0 Å². The normalized spacial score (nSPS) is 10.5. The zero-order valence-electron chi connectivity index (χ0n) is 14.3. The average Bonchev–Trinajstić information content (AvgIpc) is 2.57. The number of halogens is 2. The van der Waals surface area contributed by atoms with E-state index in [1.165, 1.54) is 24.4 Å². The molecule has 1 heterocycles. The molecule has 3 rings (SSSR count). The number of amides is 1. The van der Waals surface area contributed by atoms with Crippen molar-refractivity contribution in [3.8, 4) is 0 Å². The number of hydrogen-bond donors (Lipinski definition) is 2. The van der Waals surface area contributed by atoms with Gasteiger partial charge in [-0.05, 0) is 61.4 Å². The van der Waals surface area contributed by atoms with Crippen molar-refractivity contribution in [2.24, 2.45) is 0 Å². The van der Waals surface area contributed by atoms with E-state index in [-0.39, 0.29) is 11.4 Å². The number of nitrogens with zero attached hydrogens (tertiary/aromatic N) is 1. The summed E-state index contributed by atoms with van der Waals surface area (Å²) < 4.78 is 27.5. The van der Waals surface area contributed by atoms with Crippen LogP contribution in [0.15, 0.2) is 54.7 Å². The number of hydrogen-bond acceptors (Lipinski definition) is 3. The zero-order valence-corrected chi connectivity index (χ0v) is 14.3. The first kappa shape index (κ1) is 17.5. The molecule has 0 saturated heterocycles. The van der Waals surface area contributed by atoms with Crippen molar-refractivity contribution in [2.75, 3.05) is 10.6 Å². The van der Waals surface area contributed by atoms with E-state index in [1.807, 2.05) is 32.0 Å². The number of aromatic nitrogens is 1. The van der Waals surface area contributed by atoms with Crippen molar-refractivity contribution in [2.45, 2.75) is 13.8 Å². The Morgan fingerprint density at radius 3 is 2.23 bits per heavy atom. The summed E-state index contributed by atoms with van der Waals surface area (Å²) in [4.78, 5) is 16.5. The first-order chi connectivity index (χ1) is 12.4. The number of anilines is 3. The lowest BCUT2D eigenvalue weighted by atomic mass is 10.1. The van der Waals surface area contributed by atoms with Gasteiger partial charge in [-0.1, -0.05) is 12.1 Å². The Bertz CT molecular complexity index is 933. The molecule has 132 valence electrons. The van der Waals surface area contributed by atoms with Crippen LogP contribution in [0.2, 0.25) is 0 Å². The smallest absolute Gasteiger partial charge is 0.274 e. The molecular formula is C20H17F2N3O. The van der Waals surface area contributed by atoms with Gasteiger partial charge in [0, 0.05) is 17.6 Å². The Kier molecular flexibility index (Phi) is 4.93. The molecule has 0 aliphatic heterocycles. The van der Waals surface area contributed by atoms with Crippen molar-refractivity contribution in [1.82, 2.24) is 4.98 Å². The van der Waals surface area contributed by atoms with Crippen LogP contribution in [0, 0.1) is 25.5 Å². The third-order valence-corrected chi connectivity index (χ3v) is 3.70. The van der Waals surface area contributed by atoms with Crippen LogP contribution in [-0.2, 0) is 0 Å². The summed E-state index contributed by atoms with van der Waals surface area (Å²) in [6.07, 6.45) is 1.40. The summed E-state index contributed by atoms with van der Waals surface area (Å²) in [7, 11) is 0. The van der Waals surface area contributed by atoms with Gasteiger partial charge in [0.1, 0.15) is 23.0 Å². The summed E-state index contributed by atoms with van der Waals surface area (Å²) >= 11 is 0. The fourth-order valence-electron chi connectivity index (χ4n) is 2.64. The predicted molar refractivity (Wildman–Crippen MR) is 97.7 cm³/mol. The number of carbonyl (C=O) groups is 1. The molecule has 1 amide bonds. The van der Waals surface area contributed by atoms with Crippen LogP contribution in [0.4, 0.5) is 25.8 Å². The fourth-order valence-corrected chi connectivity index (χ4v) is 2.64. The lowest BCUT2D eigenvalue weighted by Crippen LogP contribution is -2.14. The third kappa shape index (κ3) is 4.03. The highest BCUT2D eigenvalue weighted by atomic mass is 19.1. The van der Waals surface area contributed by atoms with Crippen LogP contribution in [0.1, 0.15) is 21.6 Å². The monoisotopic (exact) mass is 353 g/mol. The van der Waals surface area contributed by atoms with Gasteiger partial charge in [-0.15, -0.1) is 0 Å². The molecule has 2 aromatic carbocycles. The van der Waals surface area contributed by atoms with Crippen molar-refractivity contribution in [1.29, 1.82) is 0 Å². The van der Waals surface area contributed by atoms with Gasteiger partial charge < -0.3 is 10.6 Å². The molecule has 0 unspecified atom stereocenters. The van der Waals surface area contributed by atoms with Gasteiger partial charge in [0.2, 0.25) is 0 Å². The summed E-state index contributed by atoms with van der Waals surface area (Å²) in [5.41, 5.74) is 2.92. The molecular weight excluding hydrogens is 336 g/mol. The minimum atomic E-state index is -0.719. The quantitative estimate of drug-likeness (QED) is 0.696. The van der Waals surface area contributed by atoms with E-state index in [4.69, 9.17) is 0 Å². The van der Waals surface area contributed by atoms with Gasteiger partial charge in [-0.2, -0.15) is 0 Å². The van der Waals surface area contributed by atoms with E-state index in [1.54, 1.807) is 0 Å². The second-order valence-electron chi connectivity index (χ2n) is 5.98. The van der Waals surface area contributed by atoms with Gasteiger partial charge in [0.05, 0.1) is 0 Å². The summed E-state index contributed by atoms with van der Waals surface area (Å²) in [5, 5.41) is 5.42. The first-order valence-corrected chi connectivity index (χ1v) is 7.99. The molecule has 26 heavy (non-hydrogen) atoms. The molecule has 4 nitrogen and oxygen atoms in total. The highest BCUT2D eigenvalue weighted by molar-refractivity contribution is 6.03. The molecule has 6 heteroatoms. The second-order valence-corrected chi connectivity index (χ2v) is 5.98. The molecule has 0 bridgehead atoms. The number of pyridine rings is 1. The van der Waals surface area contributed by atoms with E-state index in [2.05, 4.69) is 15.6 Å². The zero-order chi connectivity index (χ0) is 18.7. The minimum absolute atomic E-state index is 0.130. The van der Waals surface area contributed by atoms with Gasteiger partial charge in [-0.25, -0.2) is 8.78 Å². The average molecular weight is 353 g/mol. The number of benzene rings is 2. The van der Waals surface area contributed by atoms with Crippen molar-refractivity contribution in [3.05, 3.63) is 83.2 Å². The Morgan fingerprint density at radius 1 is 0.923 bits per heavy atom. The third-order valence-electron chi connectivity index (χ3n) is 3.70. The molecule has 0 fully saturated rings. The summed E-state index contributed by atoms with van der Waals surface area (Å²) in [6, 6.07) is 12.2. The molecule has 0 aliphatic carbocycles. The molecule has 3 aromatic rings.